The zero-order chi connectivity index (χ0) is 14.1. The molecule has 1 aromatic rings. The van der Waals surface area contributed by atoms with Crippen LogP contribution in [0.15, 0.2) is 24.3 Å². The zero-order valence-electron chi connectivity index (χ0n) is 12.1. The van der Waals surface area contributed by atoms with Crippen molar-refractivity contribution >= 4 is 5.91 Å². The maximum absolute atomic E-state index is 12.5. The molecule has 108 valence electrons. The van der Waals surface area contributed by atoms with Crippen molar-refractivity contribution in [1.29, 1.82) is 0 Å². The first-order chi connectivity index (χ1) is 9.63. The average molecular weight is 273 g/mol. The molecule has 2 aliphatic rings. The van der Waals surface area contributed by atoms with Crippen molar-refractivity contribution < 1.29 is 9.90 Å². The van der Waals surface area contributed by atoms with Crippen LogP contribution in [0, 0.1) is 11.8 Å². The number of hydrogen-bond acceptors (Lipinski definition) is 2. The molecule has 0 radical (unpaired) electrons. The molecule has 20 heavy (non-hydrogen) atoms. The summed E-state index contributed by atoms with van der Waals surface area (Å²) in [6, 6.07) is 8.46. The van der Waals surface area contributed by atoms with Gasteiger partial charge in [0.25, 0.3) is 0 Å². The Morgan fingerprint density at radius 2 is 2.00 bits per heavy atom. The minimum absolute atomic E-state index is 0.134. The van der Waals surface area contributed by atoms with Gasteiger partial charge in [0.05, 0.1) is 6.10 Å². The summed E-state index contributed by atoms with van der Waals surface area (Å²) in [6.45, 7) is 0.800. The van der Waals surface area contributed by atoms with E-state index >= 15 is 0 Å². The molecule has 1 saturated carbocycles. The molecule has 1 N–H and O–H groups in total. The Morgan fingerprint density at radius 3 is 2.70 bits per heavy atom. The fourth-order valence-corrected chi connectivity index (χ4v) is 3.55. The Balaban J connectivity index is 1.58. The first kappa shape index (κ1) is 13.6. The third-order valence-electron chi connectivity index (χ3n) is 4.82. The van der Waals surface area contributed by atoms with Crippen molar-refractivity contribution in [2.24, 2.45) is 11.8 Å². The van der Waals surface area contributed by atoms with E-state index in [1.54, 1.807) is 0 Å². The number of amides is 1. The number of rotatable bonds is 3. The van der Waals surface area contributed by atoms with E-state index < -0.39 is 0 Å². The quantitative estimate of drug-likeness (QED) is 0.915. The van der Waals surface area contributed by atoms with Gasteiger partial charge in [-0.2, -0.15) is 0 Å². The van der Waals surface area contributed by atoms with Gasteiger partial charge in [-0.1, -0.05) is 24.3 Å². The Kier molecular flexibility index (Phi) is 3.79. The zero-order valence-corrected chi connectivity index (χ0v) is 12.1. The summed E-state index contributed by atoms with van der Waals surface area (Å²) in [5.74, 6) is 0.913. The Hall–Kier alpha value is -1.35. The molecule has 0 aliphatic heterocycles. The molecule has 0 spiro atoms. The van der Waals surface area contributed by atoms with Crippen LogP contribution >= 0.6 is 0 Å². The summed E-state index contributed by atoms with van der Waals surface area (Å²) < 4.78 is 0. The highest BCUT2D eigenvalue weighted by atomic mass is 16.3. The molecule has 3 heteroatoms. The molecule has 0 saturated heterocycles. The van der Waals surface area contributed by atoms with Crippen molar-refractivity contribution in [3.05, 3.63) is 35.4 Å². The van der Waals surface area contributed by atoms with Gasteiger partial charge in [0.15, 0.2) is 0 Å². The number of carbonyl (C=O) groups is 1. The molecule has 1 fully saturated rings. The summed E-state index contributed by atoms with van der Waals surface area (Å²) >= 11 is 0. The molecule has 1 amide bonds. The van der Waals surface area contributed by atoms with Gasteiger partial charge in [-0.15, -0.1) is 0 Å². The third-order valence-corrected chi connectivity index (χ3v) is 4.82. The molecule has 0 bridgehead atoms. The van der Waals surface area contributed by atoms with Gasteiger partial charge in [-0.3, -0.25) is 4.79 Å². The predicted octanol–water partition coefficient (Wildman–Crippen LogP) is 2.02. The average Bonchev–Trinajstić information content (AvgIpc) is 2.44. The highest BCUT2D eigenvalue weighted by molar-refractivity contribution is 5.79. The van der Waals surface area contributed by atoms with Crippen molar-refractivity contribution in [2.45, 2.75) is 38.2 Å². The molecule has 0 heterocycles. The van der Waals surface area contributed by atoms with Gasteiger partial charge in [-0.05, 0) is 49.1 Å². The lowest BCUT2D eigenvalue weighted by Crippen LogP contribution is -2.42. The van der Waals surface area contributed by atoms with Gasteiger partial charge >= 0.3 is 0 Å². The minimum atomic E-state index is -0.134. The highest BCUT2D eigenvalue weighted by Gasteiger charge is 2.32. The largest absolute Gasteiger partial charge is 0.393 e. The second-order valence-electron chi connectivity index (χ2n) is 6.42. The van der Waals surface area contributed by atoms with Gasteiger partial charge < -0.3 is 10.0 Å². The van der Waals surface area contributed by atoms with Gasteiger partial charge in [0.2, 0.25) is 5.91 Å². The molecular weight excluding hydrogens is 250 g/mol. The Morgan fingerprint density at radius 1 is 1.30 bits per heavy atom. The topological polar surface area (TPSA) is 40.5 Å². The number of aryl methyl sites for hydroxylation is 1. The number of fused-ring (bicyclic) bond motifs is 1. The van der Waals surface area contributed by atoms with Crippen LogP contribution in [-0.4, -0.2) is 35.6 Å². The fraction of sp³-hybridized carbons (Fsp3) is 0.588. The maximum Gasteiger partial charge on any atom is 0.225 e. The van der Waals surface area contributed by atoms with Crippen LogP contribution in [0.2, 0.25) is 0 Å². The van der Waals surface area contributed by atoms with Crippen LogP contribution in [0.4, 0.5) is 0 Å². The normalized spacial score (nSPS) is 28.4. The van der Waals surface area contributed by atoms with E-state index in [0.717, 1.165) is 38.6 Å². The summed E-state index contributed by atoms with van der Waals surface area (Å²) in [4.78, 5) is 14.4. The van der Waals surface area contributed by atoms with Crippen LogP contribution in [0.5, 0.6) is 0 Å². The lowest BCUT2D eigenvalue weighted by atomic mass is 9.81. The lowest BCUT2D eigenvalue weighted by molar-refractivity contribution is -0.136. The summed E-state index contributed by atoms with van der Waals surface area (Å²) in [6.07, 6.45) is 4.43. The fourth-order valence-electron chi connectivity index (χ4n) is 3.55. The van der Waals surface area contributed by atoms with Crippen molar-refractivity contribution in [3.63, 3.8) is 0 Å². The van der Waals surface area contributed by atoms with Gasteiger partial charge in [0.1, 0.15) is 0 Å². The molecule has 1 aromatic carbocycles. The first-order valence-electron chi connectivity index (χ1n) is 7.63. The van der Waals surface area contributed by atoms with E-state index in [1.807, 2.05) is 11.9 Å². The third kappa shape index (κ3) is 2.73. The van der Waals surface area contributed by atoms with E-state index in [4.69, 9.17) is 0 Å². The molecule has 2 aliphatic carbocycles. The van der Waals surface area contributed by atoms with Crippen LogP contribution in [0.1, 0.15) is 30.4 Å². The van der Waals surface area contributed by atoms with E-state index in [-0.39, 0.29) is 17.9 Å². The number of nitrogens with zero attached hydrogens (tertiary/aromatic N) is 1. The summed E-state index contributed by atoms with van der Waals surface area (Å²) in [7, 11) is 1.91. The number of carbonyl (C=O) groups excluding carboxylic acids is 1. The minimum Gasteiger partial charge on any atom is -0.393 e. The van der Waals surface area contributed by atoms with E-state index in [2.05, 4.69) is 24.3 Å². The van der Waals surface area contributed by atoms with Crippen LogP contribution < -0.4 is 0 Å². The number of aliphatic hydroxyl groups excluding tert-OH is 1. The number of hydrogen-bond donors (Lipinski definition) is 1. The van der Waals surface area contributed by atoms with Crippen LogP contribution in [0.3, 0.4) is 0 Å². The highest BCUT2D eigenvalue weighted by Crippen LogP contribution is 2.30. The molecule has 1 atom stereocenters. The lowest BCUT2D eigenvalue weighted by Gasteiger charge is -2.36. The number of benzene rings is 1. The summed E-state index contributed by atoms with van der Waals surface area (Å²) in [5, 5.41) is 9.32. The molecular formula is C17H23NO2. The van der Waals surface area contributed by atoms with Crippen LogP contribution in [-0.2, 0) is 17.6 Å². The van der Waals surface area contributed by atoms with Crippen molar-refractivity contribution in [3.8, 4) is 0 Å². The SMILES string of the molecule is CN(CC1CC(O)C1)C(=O)C1CCc2ccccc2C1. The Bertz CT molecular complexity index is 494. The first-order valence-corrected chi connectivity index (χ1v) is 7.63. The van der Waals surface area contributed by atoms with Gasteiger partial charge in [0, 0.05) is 19.5 Å². The number of aliphatic hydroxyl groups is 1. The van der Waals surface area contributed by atoms with Crippen LogP contribution in [0.25, 0.3) is 0 Å². The van der Waals surface area contributed by atoms with E-state index in [0.29, 0.717) is 5.92 Å². The second-order valence-corrected chi connectivity index (χ2v) is 6.42. The van der Waals surface area contributed by atoms with E-state index in [1.165, 1.54) is 11.1 Å². The van der Waals surface area contributed by atoms with Gasteiger partial charge in [-0.25, -0.2) is 0 Å². The molecule has 3 nitrogen and oxygen atoms in total. The molecule has 1 unspecified atom stereocenters. The molecule has 0 aromatic heterocycles. The van der Waals surface area contributed by atoms with Crippen molar-refractivity contribution in [2.75, 3.05) is 13.6 Å². The second kappa shape index (κ2) is 5.57. The van der Waals surface area contributed by atoms with Crippen molar-refractivity contribution in [1.82, 2.24) is 4.90 Å². The Labute approximate surface area is 120 Å². The smallest absolute Gasteiger partial charge is 0.225 e. The predicted molar refractivity (Wildman–Crippen MR) is 78.3 cm³/mol. The standard InChI is InChI=1S/C17H23NO2/c1-18(11-12-8-16(19)9-12)17(20)15-7-6-13-4-2-3-5-14(13)10-15/h2-5,12,15-16,19H,6-11H2,1H3. The monoisotopic (exact) mass is 273 g/mol. The maximum atomic E-state index is 12.5. The molecule has 3 rings (SSSR count). The summed E-state index contributed by atoms with van der Waals surface area (Å²) in [5.41, 5.74) is 2.74. The van der Waals surface area contributed by atoms with E-state index in [9.17, 15) is 9.90 Å².